The lowest BCUT2D eigenvalue weighted by Gasteiger charge is -2.25. The topological polar surface area (TPSA) is 35.5 Å². The molecule has 2 N–H and O–H groups in total. The van der Waals surface area contributed by atoms with Gasteiger partial charge in [0.2, 0.25) is 0 Å². The van der Waals surface area contributed by atoms with Crippen molar-refractivity contribution in [2.75, 3.05) is 24.6 Å². The van der Waals surface area contributed by atoms with Gasteiger partial charge in [-0.1, -0.05) is 12.1 Å². The highest BCUT2D eigenvalue weighted by atomic mass is 16.3. The van der Waals surface area contributed by atoms with Crippen molar-refractivity contribution < 1.29 is 5.11 Å². The molecule has 3 nitrogen and oxygen atoms in total. The molecular weight excluding hydrogens is 236 g/mol. The maximum Gasteiger partial charge on any atom is 0.0447 e. The molecule has 1 saturated carbocycles. The first-order valence-corrected chi connectivity index (χ1v) is 7.43. The third kappa shape index (κ3) is 4.22. The first-order chi connectivity index (χ1) is 9.24. The number of anilines is 1. The average molecular weight is 262 g/mol. The van der Waals surface area contributed by atoms with E-state index in [1.165, 1.54) is 29.7 Å². The standard InChI is InChI=1S/C16H26N2O/c1-3-18(9-4-10-19)16-8-5-14(11-13(16)2)12-17-15-6-7-15/h5,8,11,15,17,19H,3-4,6-7,9-10,12H2,1-2H3. The smallest absolute Gasteiger partial charge is 0.0447 e. The molecule has 0 atom stereocenters. The Morgan fingerprint density at radius 2 is 2.16 bits per heavy atom. The molecule has 0 aromatic heterocycles. The zero-order valence-electron chi connectivity index (χ0n) is 12.2. The van der Waals surface area contributed by atoms with Crippen molar-refractivity contribution in [1.82, 2.24) is 5.32 Å². The summed E-state index contributed by atoms with van der Waals surface area (Å²) < 4.78 is 0. The molecule has 19 heavy (non-hydrogen) atoms. The van der Waals surface area contributed by atoms with E-state index in [0.29, 0.717) is 0 Å². The van der Waals surface area contributed by atoms with Gasteiger partial charge in [-0.3, -0.25) is 0 Å². The van der Waals surface area contributed by atoms with Gasteiger partial charge in [0.25, 0.3) is 0 Å². The summed E-state index contributed by atoms with van der Waals surface area (Å²) in [6, 6.07) is 7.49. The molecule has 1 aliphatic carbocycles. The van der Waals surface area contributed by atoms with Crippen molar-refractivity contribution in [2.45, 2.75) is 45.7 Å². The first-order valence-electron chi connectivity index (χ1n) is 7.43. The molecule has 1 fully saturated rings. The highest BCUT2D eigenvalue weighted by Crippen LogP contribution is 2.23. The summed E-state index contributed by atoms with van der Waals surface area (Å²) in [6.45, 7) is 7.50. The van der Waals surface area contributed by atoms with Crippen LogP contribution in [0.15, 0.2) is 18.2 Å². The van der Waals surface area contributed by atoms with Crippen molar-refractivity contribution in [1.29, 1.82) is 0 Å². The SMILES string of the molecule is CCN(CCCO)c1ccc(CNC2CC2)cc1C. The van der Waals surface area contributed by atoms with Crippen molar-refractivity contribution in [3.05, 3.63) is 29.3 Å². The van der Waals surface area contributed by atoms with Crippen LogP contribution in [0.25, 0.3) is 0 Å². The normalized spacial score (nSPS) is 14.7. The van der Waals surface area contributed by atoms with E-state index in [1.54, 1.807) is 0 Å². The number of nitrogens with one attached hydrogen (secondary N) is 1. The Labute approximate surface area is 116 Å². The van der Waals surface area contributed by atoms with E-state index in [4.69, 9.17) is 5.11 Å². The fourth-order valence-electron chi connectivity index (χ4n) is 2.44. The lowest BCUT2D eigenvalue weighted by molar-refractivity contribution is 0.289. The van der Waals surface area contributed by atoms with Crippen LogP contribution in [0.1, 0.15) is 37.3 Å². The molecule has 0 spiro atoms. The fraction of sp³-hybridized carbons (Fsp3) is 0.625. The van der Waals surface area contributed by atoms with E-state index in [0.717, 1.165) is 32.1 Å². The molecule has 0 bridgehead atoms. The number of hydrogen-bond acceptors (Lipinski definition) is 3. The molecule has 0 radical (unpaired) electrons. The Bertz CT molecular complexity index is 402. The summed E-state index contributed by atoms with van der Waals surface area (Å²) in [5, 5.41) is 12.5. The molecule has 2 rings (SSSR count). The van der Waals surface area contributed by atoms with Crippen molar-refractivity contribution in [3.8, 4) is 0 Å². The van der Waals surface area contributed by atoms with Gasteiger partial charge in [0.05, 0.1) is 0 Å². The van der Waals surface area contributed by atoms with Gasteiger partial charge in [0.1, 0.15) is 0 Å². The third-order valence-electron chi connectivity index (χ3n) is 3.74. The van der Waals surface area contributed by atoms with Crippen LogP contribution in [0.4, 0.5) is 5.69 Å². The molecule has 3 heteroatoms. The number of hydrogen-bond donors (Lipinski definition) is 2. The maximum absolute atomic E-state index is 8.96. The van der Waals surface area contributed by atoms with E-state index >= 15 is 0 Å². The number of benzene rings is 1. The number of aliphatic hydroxyl groups is 1. The van der Waals surface area contributed by atoms with Crippen molar-refractivity contribution in [3.63, 3.8) is 0 Å². The Hall–Kier alpha value is -1.06. The summed E-state index contributed by atoms with van der Waals surface area (Å²) in [7, 11) is 0. The van der Waals surface area contributed by atoms with Crippen LogP contribution in [0.3, 0.4) is 0 Å². The lowest BCUT2D eigenvalue weighted by atomic mass is 10.1. The zero-order chi connectivity index (χ0) is 13.7. The van der Waals surface area contributed by atoms with Gasteiger partial charge in [0, 0.05) is 38.0 Å². The van der Waals surface area contributed by atoms with Crippen LogP contribution in [0, 0.1) is 6.92 Å². The van der Waals surface area contributed by atoms with Gasteiger partial charge in [-0.2, -0.15) is 0 Å². The summed E-state index contributed by atoms with van der Waals surface area (Å²) in [4.78, 5) is 2.34. The molecular formula is C16H26N2O. The molecule has 0 heterocycles. The number of aliphatic hydroxyl groups excluding tert-OH is 1. The second-order valence-electron chi connectivity index (χ2n) is 5.43. The Kier molecular flexibility index (Phi) is 5.23. The van der Waals surface area contributed by atoms with E-state index in [9.17, 15) is 0 Å². The van der Waals surface area contributed by atoms with Gasteiger partial charge in [-0.25, -0.2) is 0 Å². The van der Waals surface area contributed by atoms with Crippen LogP contribution < -0.4 is 10.2 Å². The predicted molar refractivity (Wildman–Crippen MR) is 80.6 cm³/mol. The van der Waals surface area contributed by atoms with E-state index in [1.807, 2.05) is 0 Å². The number of nitrogens with zero attached hydrogens (tertiary/aromatic N) is 1. The van der Waals surface area contributed by atoms with E-state index < -0.39 is 0 Å². The summed E-state index contributed by atoms with van der Waals surface area (Å²) in [5.74, 6) is 0. The minimum Gasteiger partial charge on any atom is -0.396 e. The first kappa shape index (κ1) is 14.4. The molecule has 0 saturated heterocycles. The molecule has 0 aliphatic heterocycles. The quantitative estimate of drug-likeness (QED) is 0.755. The van der Waals surface area contributed by atoms with Gasteiger partial charge in [0.15, 0.2) is 0 Å². The van der Waals surface area contributed by atoms with Crippen LogP contribution in [-0.2, 0) is 6.54 Å². The summed E-state index contributed by atoms with van der Waals surface area (Å²) in [5.41, 5.74) is 3.99. The summed E-state index contributed by atoms with van der Waals surface area (Å²) in [6.07, 6.45) is 3.50. The Morgan fingerprint density at radius 3 is 2.74 bits per heavy atom. The maximum atomic E-state index is 8.96. The minimum atomic E-state index is 0.263. The summed E-state index contributed by atoms with van der Waals surface area (Å²) >= 11 is 0. The van der Waals surface area contributed by atoms with E-state index in [-0.39, 0.29) is 6.61 Å². The van der Waals surface area contributed by atoms with Crippen molar-refractivity contribution >= 4 is 5.69 Å². The highest BCUT2D eigenvalue weighted by molar-refractivity contribution is 5.54. The van der Waals surface area contributed by atoms with Crippen LogP contribution >= 0.6 is 0 Å². The van der Waals surface area contributed by atoms with Crippen LogP contribution in [0.5, 0.6) is 0 Å². The second-order valence-corrected chi connectivity index (χ2v) is 5.43. The van der Waals surface area contributed by atoms with Gasteiger partial charge in [-0.15, -0.1) is 0 Å². The highest BCUT2D eigenvalue weighted by Gasteiger charge is 2.20. The molecule has 1 aliphatic rings. The monoisotopic (exact) mass is 262 g/mol. The molecule has 106 valence electrons. The average Bonchev–Trinajstić information content (AvgIpc) is 3.23. The molecule has 0 unspecified atom stereocenters. The predicted octanol–water partition coefficient (Wildman–Crippen LogP) is 2.46. The third-order valence-corrected chi connectivity index (χ3v) is 3.74. The number of rotatable bonds is 8. The van der Waals surface area contributed by atoms with Gasteiger partial charge >= 0.3 is 0 Å². The van der Waals surface area contributed by atoms with Gasteiger partial charge < -0.3 is 15.3 Å². The zero-order valence-corrected chi connectivity index (χ0v) is 12.2. The largest absolute Gasteiger partial charge is 0.396 e. The molecule has 1 aromatic carbocycles. The van der Waals surface area contributed by atoms with Crippen LogP contribution in [-0.4, -0.2) is 30.8 Å². The van der Waals surface area contributed by atoms with Crippen molar-refractivity contribution in [2.24, 2.45) is 0 Å². The minimum absolute atomic E-state index is 0.263. The molecule has 1 aromatic rings. The molecule has 0 amide bonds. The lowest BCUT2D eigenvalue weighted by Crippen LogP contribution is -2.25. The van der Waals surface area contributed by atoms with E-state index in [2.05, 4.69) is 42.3 Å². The fourth-order valence-corrected chi connectivity index (χ4v) is 2.44. The Balaban J connectivity index is 1.99. The second kappa shape index (κ2) is 6.92. The Morgan fingerprint density at radius 1 is 1.37 bits per heavy atom. The van der Waals surface area contributed by atoms with Gasteiger partial charge in [-0.05, 0) is 50.3 Å². The van der Waals surface area contributed by atoms with Crippen LogP contribution in [0.2, 0.25) is 0 Å². The number of aryl methyl sites for hydroxylation is 1.